The predicted molar refractivity (Wildman–Crippen MR) is 48.0 cm³/mol. The molecular formula is C10H14O2. The third kappa shape index (κ3) is 1.98. The van der Waals surface area contributed by atoms with Crippen LogP contribution in [0.4, 0.5) is 0 Å². The highest BCUT2D eigenvalue weighted by Gasteiger charge is 2.00. The van der Waals surface area contributed by atoms with E-state index in [1.165, 1.54) is 5.56 Å². The van der Waals surface area contributed by atoms with E-state index in [1.54, 1.807) is 6.07 Å². The summed E-state index contributed by atoms with van der Waals surface area (Å²) in [6.45, 7) is 2.01. The molecule has 0 atom stereocenters. The molecule has 0 unspecified atom stereocenters. The van der Waals surface area contributed by atoms with Crippen molar-refractivity contribution in [3.05, 3.63) is 29.3 Å². The smallest absolute Gasteiger partial charge is 0.121 e. The zero-order chi connectivity index (χ0) is 8.97. The number of aromatic hydroxyl groups is 1. The molecule has 0 aliphatic rings. The van der Waals surface area contributed by atoms with Gasteiger partial charge >= 0.3 is 0 Å². The van der Waals surface area contributed by atoms with Crippen LogP contribution in [0.25, 0.3) is 0 Å². The second-order valence-corrected chi connectivity index (χ2v) is 2.87. The molecule has 0 bridgehead atoms. The number of aliphatic hydroxyl groups excluding tert-OH is 1. The summed E-state index contributed by atoms with van der Waals surface area (Å²) in [5, 5.41) is 18.1. The van der Waals surface area contributed by atoms with E-state index in [4.69, 9.17) is 5.11 Å². The molecule has 0 heterocycles. The predicted octanol–water partition coefficient (Wildman–Crippen LogP) is 1.84. The zero-order valence-corrected chi connectivity index (χ0v) is 7.25. The van der Waals surface area contributed by atoms with Gasteiger partial charge in [0.25, 0.3) is 0 Å². The second kappa shape index (κ2) is 4.12. The van der Waals surface area contributed by atoms with Crippen LogP contribution in [-0.2, 0) is 13.0 Å². The lowest BCUT2D eigenvalue weighted by molar-refractivity contribution is 0.275. The Morgan fingerprint density at radius 2 is 2.08 bits per heavy atom. The van der Waals surface area contributed by atoms with E-state index in [1.807, 2.05) is 12.1 Å². The van der Waals surface area contributed by atoms with Crippen molar-refractivity contribution >= 4 is 0 Å². The van der Waals surface area contributed by atoms with E-state index >= 15 is 0 Å². The summed E-state index contributed by atoms with van der Waals surface area (Å²) >= 11 is 0. The van der Waals surface area contributed by atoms with Crippen molar-refractivity contribution < 1.29 is 10.2 Å². The maximum absolute atomic E-state index is 9.24. The van der Waals surface area contributed by atoms with Crippen LogP contribution in [0.1, 0.15) is 24.5 Å². The molecule has 0 fully saturated rings. The van der Waals surface area contributed by atoms with Crippen molar-refractivity contribution in [2.75, 3.05) is 0 Å². The van der Waals surface area contributed by atoms with E-state index in [-0.39, 0.29) is 12.4 Å². The van der Waals surface area contributed by atoms with E-state index in [0.717, 1.165) is 12.8 Å². The van der Waals surface area contributed by atoms with Crippen LogP contribution in [0.2, 0.25) is 0 Å². The average Bonchev–Trinajstić information content (AvgIpc) is 2.09. The minimum absolute atomic E-state index is 0.0939. The minimum atomic E-state index is -0.0939. The van der Waals surface area contributed by atoms with Crippen molar-refractivity contribution in [2.24, 2.45) is 0 Å². The number of hydrogen-bond donors (Lipinski definition) is 2. The fourth-order valence-electron chi connectivity index (χ4n) is 1.21. The summed E-state index contributed by atoms with van der Waals surface area (Å²) in [4.78, 5) is 0. The van der Waals surface area contributed by atoms with E-state index in [0.29, 0.717) is 5.56 Å². The Labute approximate surface area is 72.5 Å². The molecule has 2 N–H and O–H groups in total. The van der Waals surface area contributed by atoms with Gasteiger partial charge in [0.05, 0.1) is 6.61 Å². The lowest BCUT2D eigenvalue weighted by atomic mass is 10.1. The van der Waals surface area contributed by atoms with Gasteiger partial charge in [0, 0.05) is 5.56 Å². The van der Waals surface area contributed by atoms with E-state index in [9.17, 15) is 5.11 Å². The topological polar surface area (TPSA) is 40.5 Å². The molecule has 0 aromatic heterocycles. The standard InChI is InChI=1S/C10H14O2/c1-2-3-8-4-5-10(12)9(6-8)7-11/h4-6,11-12H,2-3,7H2,1H3. The second-order valence-electron chi connectivity index (χ2n) is 2.87. The fraction of sp³-hybridized carbons (Fsp3) is 0.400. The molecule has 2 nitrogen and oxygen atoms in total. The molecule has 12 heavy (non-hydrogen) atoms. The zero-order valence-electron chi connectivity index (χ0n) is 7.25. The Morgan fingerprint density at radius 1 is 1.33 bits per heavy atom. The maximum atomic E-state index is 9.24. The molecule has 0 saturated heterocycles. The number of aliphatic hydroxyl groups is 1. The molecule has 2 heteroatoms. The van der Waals surface area contributed by atoms with Gasteiger partial charge in [-0.05, 0) is 24.1 Å². The van der Waals surface area contributed by atoms with Gasteiger partial charge in [0.1, 0.15) is 5.75 Å². The summed E-state index contributed by atoms with van der Waals surface area (Å²) in [5.41, 5.74) is 1.78. The summed E-state index contributed by atoms with van der Waals surface area (Å²) < 4.78 is 0. The molecule has 0 radical (unpaired) electrons. The molecular weight excluding hydrogens is 152 g/mol. The molecule has 0 amide bonds. The molecule has 0 spiro atoms. The summed E-state index contributed by atoms with van der Waals surface area (Å²) in [7, 11) is 0. The van der Waals surface area contributed by atoms with Crippen molar-refractivity contribution in [3.8, 4) is 5.75 Å². The van der Waals surface area contributed by atoms with E-state index < -0.39 is 0 Å². The quantitative estimate of drug-likeness (QED) is 0.719. The van der Waals surface area contributed by atoms with Gasteiger partial charge in [-0.25, -0.2) is 0 Å². The SMILES string of the molecule is CCCc1ccc(O)c(CO)c1. The van der Waals surface area contributed by atoms with Crippen molar-refractivity contribution in [2.45, 2.75) is 26.4 Å². The lowest BCUT2D eigenvalue weighted by Gasteiger charge is -2.03. The normalized spacial score (nSPS) is 10.2. The van der Waals surface area contributed by atoms with Gasteiger partial charge in [0.2, 0.25) is 0 Å². The van der Waals surface area contributed by atoms with Crippen LogP contribution in [0.5, 0.6) is 5.75 Å². The minimum Gasteiger partial charge on any atom is -0.508 e. The molecule has 1 aromatic carbocycles. The molecule has 66 valence electrons. The Hall–Kier alpha value is -1.02. The van der Waals surface area contributed by atoms with Crippen molar-refractivity contribution in [1.82, 2.24) is 0 Å². The third-order valence-corrected chi connectivity index (χ3v) is 1.85. The largest absolute Gasteiger partial charge is 0.508 e. The summed E-state index contributed by atoms with van der Waals surface area (Å²) in [6.07, 6.45) is 2.07. The fourth-order valence-corrected chi connectivity index (χ4v) is 1.21. The highest BCUT2D eigenvalue weighted by Crippen LogP contribution is 2.18. The first-order chi connectivity index (χ1) is 5.77. The number of aryl methyl sites for hydroxylation is 1. The monoisotopic (exact) mass is 166 g/mol. The lowest BCUT2D eigenvalue weighted by Crippen LogP contribution is -1.88. The number of phenols is 1. The van der Waals surface area contributed by atoms with Gasteiger partial charge in [-0.1, -0.05) is 19.4 Å². The summed E-state index contributed by atoms with van der Waals surface area (Å²) in [6, 6.07) is 5.37. The van der Waals surface area contributed by atoms with Gasteiger partial charge in [-0.3, -0.25) is 0 Å². The first-order valence-corrected chi connectivity index (χ1v) is 4.19. The highest BCUT2D eigenvalue weighted by atomic mass is 16.3. The van der Waals surface area contributed by atoms with Gasteiger partial charge < -0.3 is 10.2 Å². The molecule has 1 aromatic rings. The Bertz CT molecular complexity index is 256. The Balaban J connectivity index is 2.89. The molecule has 0 aliphatic heterocycles. The Kier molecular flexibility index (Phi) is 3.11. The summed E-state index contributed by atoms with van der Waals surface area (Å²) in [5.74, 6) is 0.178. The molecule has 1 rings (SSSR count). The first kappa shape index (κ1) is 9.07. The highest BCUT2D eigenvalue weighted by molar-refractivity contribution is 5.35. The number of rotatable bonds is 3. The van der Waals surface area contributed by atoms with Crippen LogP contribution in [-0.4, -0.2) is 10.2 Å². The van der Waals surface area contributed by atoms with Crippen molar-refractivity contribution in [1.29, 1.82) is 0 Å². The average molecular weight is 166 g/mol. The number of hydrogen-bond acceptors (Lipinski definition) is 2. The van der Waals surface area contributed by atoms with Gasteiger partial charge in [-0.2, -0.15) is 0 Å². The first-order valence-electron chi connectivity index (χ1n) is 4.19. The van der Waals surface area contributed by atoms with Gasteiger partial charge in [0.15, 0.2) is 0 Å². The molecule has 0 aliphatic carbocycles. The van der Waals surface area contributed by atoms with Crippen LogP contribution >= 0.6 is 0 Å². The Morgan fingerprint density at radius 3 is 2.67 bits per heavy atom. The van der Waals surface area contributed by atoms with E-state index in [2.05, 4.69) is 6.92 Å². The van der Waals surface area contributed by atoms with Crippen LogP contribution < -0.4 is 0 Å². The van der Waals surface area contributed by atoms with Crippen molar-refractivity contribution in [3.63, 3.8) is 0 Å². The third-order valence-electron chi connectivity index (χ3n) is 1.85. The number of benzene rings is 1. The van der Waals surface area contributed by atoms with Crippen LogP contribution in [0.15, 0.2) is 18.2 Å². The van der Waals surface area contributed by atoms with Crippen LogP contribution in [0.3, 0.4) is 0 Å². The maximum Gasteiger partial charge on any atom is 0.121 e. The van der Waals surface area contributed by atoms with Gasteiger partial charge in [-0.15, -0.1) is 0 Å². The van der Waals surface area contributed by atoms with Crippen LogP contribution in [0, 0.1) is 0 Å². The molecule has 0 saturated carbocycles.